The van der Waals surface area contributed by atoms with Gasteiger partial charge in [-0.3, -0.25) is 4.79 Å². The normalized spacial score (nSPS) is 9.75. The van der Waals surface area contributed by atoms with Crippen LogP contribution in [0.1, 0.15) is 18.9 Å². The van der Waals surface area contributed by atoms with Crippen molar-refractivity contribution >= 4 is 34.2 Å². The van der Waals surface area contributed by atoms with Gasteiger partial charge in [-0.05, 0) is 31.2 Å². The molecule has 114 valence electrons. The number of methoxy groups -OCH3 is 1. The van der Waals surface area contributed by atoms with Crippen LogP contribution in [0.4, 0.5) is 0 Å². The molecule has 0 saturated carbocycles. The third kappa shape index (κ3) is 7.12. The molecule has 0 atom stereocenters. The van der Waals surface area contributed by atoms with Crippen LogP contribution in [0.2, 0.25) is 0 Å². The number of hydrogen-bond donors (Lipinski definition) is 2. The minimum absolute atomic E-state index is 0. The second kappa shape index (κ2) is 10.9. The molecule has 6 heteroatoms. The molecule has 2 N–H and O–H groups in total. The first-order valence-corrected chi connectivity index (χ1v) is 7.26. The van der Waals surface area contributed by atoms with Crippen LogP contribution in [0.25, 0.3) is 0 Å². The molecule has 0 aromatic heterocycles. The Morgan fingerprint density at radius 2 is 2.05 bits per heavy atom. The van der Waals surface area contributed by atoms with Crippen LogP contribution in [-0.4, -0.2) is 32.7 Å². The lowest BCUT2D eigenvalue weighted by molar-refractivity contribution is -0.120. The van der Waals surface area contributed by atoms with E-state index in [9.17, 15) is 4.79 Å². The van der Waals surface area contributed by atoms with Crippen LogP contribution >= 0.6 is 28.3 Å². The first kappa shape index (κ1) is 19.2. The maximum Gasteiger partial charge on any atom is 0.224 e. The summed E-state index contributed by atoms with van der Waals surface area (Å²) >= 11 is 3.40. The molecule has 1 rings (SSSR count). The molecule has 0 fully saturated rings. The molecule has 0 aliphatic carbocycles. The Kier molecular flexibility index (Phi) is 10.5. The highest BCUT2D eigenvalue weighted by molar-refractivity contribution is 9.10. The molecule has 0 aliphatic heterocycles. The van der Waals surface area contributed by atoms with E-state index in [1.165, 1.54) is 0 Å². The second-order valence-corrected chi connectivity index (χ2v) is 5.15. The van der Waals surface area contributed by atoms with Gasteiger partial charge in [0.2, 0.25) is 5.91 Å². The van der Waals surface area contributed by atoms with E-state index in [1.54, 1.807) is 7.11 Å². The number of carbonyl (C=O) groups is 1. The van der Waals surface area contributed by atoms with Crippen molar-refractivity contribution in [2.75, 3.05) is 26.7 Å². The van der Waals surface area contributed by atoms with Crippen LogP contribution < -0.4 is 15.4 Å². The standard InChI is InChI=1S/C14H21BrN2O2.ClH/c1-3-6-16-7-8-17-14(18)10-11-9-12(15)4-5-13(11)19-2;/h4-5,9,16H,3,6-8,10H2,1-2H3,(H,17,18);1H. The molecule has 0 spiro atoms. The third-order valence-electron chi connectivity index (χ3n) is 2.64. The Morgan fingerprint density at radius 1 is 1.30 bits per heavy atom. The van der Waals surface area contributed by atoms with Crippen LogP contribution in [0.15, 0.2) is 22.7 Å². The van der Waals surface area contributed by atoms with Crippen molar-refractivity contribution < 1.29 is 9.53 Å². The number of nitrogens with one attached hydrogen (secondary N) is 2. The summed E-state index contributed by atoms with van der Waals surface area (Å²) in [5.41, 5.74) is 0.885. The minimum atomic E-state index is 0. The molecule has 0 radical (unpaired) electrons. The van der Waals surface area contributed by atoms with Gasteiger partial charge in [0.15, 0.2) is 0 Å². The summed E-state index contributed by atoms with van der Waals surface area (Å²) in [5.74, 6) is 0.747. The van der Waals surface area contributed by atoms with Gasteiger partial charge in [-0.15, -0.1) is 12.4 Å². The Balaban J connectivity index is 0.00000361. The van der Waals surface area contributed by atoms with Crippen LogP contribution in [0, 0.1) is 0 Å². The molecule has 0 bridgehead atoms. The van der Waals surface area contributed by atoms with Crippen LogP contribution in [0.3, 0.4) is 0 Å². The van der Waals surface area contributed by atoms with E-state index in [1.807, 2.05) is 18.2 Å². The van der Waals surface area contributed by atoms with Crippen LogP contribution in [-0.2, 0) is 11.2 Å². The average Bonchev–Trinajstić information content (AvgIpc) is 2.39. The van der Waals surface area contributed by atoms with Gasteiger partial charge in [0.1, 0.15) is 5.75 Å². The Hall–Kier alpha value is -0.780. The van der Waals surface area contributed by atoms with E-state index in [2.05, 4.69) is 33.5 Å². The van der Waals surface area contributed by atoms with Gasteiger partial charge in [-0.2, -0.15) is 0 Å². The van der Waals surface area contributed by atoms with Crippen molar-refractivity contribution in [2.24, 2.45) is 0 Å². The van der Waals surface area contributed by atoms with E-state index >= 15 is 0 Å². The van der Waals surface area contributed by atoms with Gasteiger partial charge in [-0.25, -0.2) is 0 Å². The topological polar surface area (TPSA) is 50.4 Å². The zero-order valence-corrected chi connectivity index (χ0v) is 14.3. The van der Waals surface area contributed by atoms with Gasteiger partial charge in [-0.1, -0.05) is 22.9 Å². The lowest BCUT2D eigenvalue weighted by atomic mass is 10.1. The molecule has 0 unspecified atom stereocenters. The summed E-state index contributed by atoms with van der Waals surface area (Å²) in [5, 5.41) is 6.13. The molecule has 0 heterocycles. The molecule has 1 aromatic carbocycles. The molecule has 0 saturated heterocycles. The van der Waals surface area contributed by atoms with Crippen molar-refractivity contribution in [3.8, 4) is 5.75 Å². The fourth-order valence-corrected chi connectivity index (χ4v) is 2.12. The van der Waals surface area contributed by atoms with E-state index in [-0.39, 0.29) is 18.3 Å². The Labute approximate surface area is 135 Å². The van der Waals surface area contributed by atoms with Gasteiger partial charge >= 0.3 is 0 Å². The van der Waals surface area contributed by atoms with Crippen molar-refractivity contribution in [3.63, 3.8) is 0 Å². The van der Waals surface area contributed by atoms with Crippen molar-refractivity contribution in [2.45, 2.75) is 19.8 Å². The number of ether oxygens (including phenoxy) is 1. The Morgan fingerprint density at radius 3 is 2.70 bits per heavy atom. The fraction of sp³-hybridized carbons (Fsp3) is 0.500. The van der Waals surface area contributed by atoms with Gasteiger partial charge < -0.3 is 15.4 Å². The van der Waals surface area contributed by atoms with Gasteiger partial charge in [0, 0.05) is 23.1 Å². The summed E-state index contributed by atoms with van der Waals surface area (Å²) in [6.45, 7) is 4.55. The van der Waals surface area contributed by atoms with Gasteiger partial charge in [0.25, 0.3) is 0 Å². The zero-order chi connectivity index (χ0) is 14.1. The molecular weight excluding hydrogens is 344 g/mol. The van der Waals surface area contributed by atoms with Crippen molar-refractivity contribution in [3.05, 3.63) is 28.2 Å². The molecule has 4 nitrogen and oxygen atoms in total. The van der Waals surface area contributed by atoms with E-state index in [0.29, 0.717) is 13.0 Å². The zero-order valence-electron chi connectivity index (χ0n) is 11.9. The summed E-state index contributed by atoms with van der Waals surface area (Å²) in [7, 11) is 1.61. The average molecular weight is 366 g/mol. The van der Waals surface area contributed by atoms with Gasteiger partial charge in [0.05, 0.1) is 13.5 Å². The minimum Gasteiger partial charge on any atom is -0.496 e. The highest BCUT2D eigenvalue weighted by atomic mass is 79.9. The smallest absolute Gasteiger partial charge is 0.224 e. The summed E-state index contributed by atoms with van der Waals surface area (Å²) < 4.78 is 6.19. The summed E-state index contributed by atoms with van der Waals surface area (Å²) in [6, 6.07) is 5.66. The second-order valence-electron chi connectivity index (χ2n) is 4.23. The SMILES string of the molecule is CCCNCCNC(=O)Cc1cc(Br)ccc1OC.Cl. The van der Waals surface area contributed by atoms with E-state index in [0.717, 1.165) is 35.3 Å². The van der Waals surface area contributed by atoms with Crippen molar-refractivity contribution in [1.82, 2.24) is 10.6 Å². The summed E-state index contributed by atoms with van der Waals surface area (Å²) in [4.78, 5) is 11.8. The lowest BCUT2D eigenvalue weighted by Crippen LogP contribution is -2.33. The monoisotopic (exact) mass is 364 g/mol. The fourth-order valence-electron chi connectivity index (χ4n) is 1.71. The molecule has 1 aromatic rings. The maximum absolute atomic E-state index is 11.8. The molecule has 0 aliphatic rings. The largest absolute Gasteiger partial charge is 0.496 e. The predicted molar refractivity (Wildman–Crippen MR) is 87.8 cm³/mol. The molecule has 20 heavy (non-hydrogen) atoms. The number of amides is 1. The molecule has 1 amide bonds. The number of halogens is 2. The lowest BCUT2D eigenvalue weighted by Gasteiger charge is -2.10. The number of carbonyl (C=O) groups excluding carboxylic acids is 1. The number of hydrogen-bond acceptors (Lipinski definition) is 3. The third-order valence-corrected chi connectivity index (χ3v) is 3.14. The van der Waals surface area contributed by atoms with E-state index in [4.69, 9.17) is 4.74 Å². The highest BCUT2D eigenvalue weighted by Crippen LogP contribution is 2.23. The summed E-state index contributed by atoms with van der Waals surface area (Å²) in [6.07, 6.45) is 1.43. The molecular formula is C14H22BrClN2O2. The van der Waals surface area contributed by atoms with Crippen LogP contribution in [0.5, 0.6) is 5.75 Å². The first-order chi connectivity index (χ1) is 9.17. The first-order valence-electron chi connectivity index (χ1n) is 6.47. The van der Waals surface area contributed by atoms with Crippen molar-refractivity contribution in [1.29, 1.82) is 0 Å². The Bertz CT molecular complexity index is 416. The maximum atomic E-state index is 11.8. The highest BCUT2D eigenvalue weighted by Gasteiger charge is 2.08. The number of benzene rings is 1. The quantitative estimate of drug-likeness (QED) is 0.696. The predicted octanol–water partition coefficient (Wildman–Crippen LogP) is 2.54. The number of rotatable bonds is 8. The van der Waals surface area contributed by atoms with E-state index < -0.39 is 0 Å².